The lowest BCUT2D eigenvalue weighted by Gasteiger charge is -2.18. The zero-order valence-electron chi connectivity index (χ0n) is 13.7. The number of aromatic nitrogens is 1. The van der Waals surface area contributed by atoms with Crippen molar-refractivity contribution in [2.75, 3.05) is 17.6 Å². The van der Waals surface area contributed by atoms with E-state index >= 15 is 0 Å². The van der Waals surface area contributed by atoms with Gasteiger partial charge in [-0.15, -0.1) is 0 Å². The molecule has 0 aliphatic heterocycles. The SMILES string of the molecule is CC(C)C[C@H](CO)NC(=O)c1ccc2nc(NS(C)(=O)=O)sc2c1. The minimum Gasteiger partial charge on any atom is -0.394 e. The number of thiazole rings is 1. The third-order valence-electron chi connectivity index (χ3n) is 3.23. The summed E-state index contributed by atoms with van der Waals surface area (Å²) < 4.78 is 25.6. The quantitative estimate of drug-likeness (QED) is 0.688. The van der Waals surface area contributed by atoms with Gasteiger partial charge in [0.2, 0.25) is 10.0 Å². The molecule has 1 amide bonds. The first-order chi connectivity index (χ1) is 11.2. The van der Waals surface area contributed by atoms with E-state index in [1.54, 1.807) is 18.2 Å². The van der Waals surface area contributed by atoms with Crippen molar-refractivity contribution in [3.63, 3.8) is 0 Å². The van der Waals surface area contributed by atoms with E-state index in [0.29, 0.717) is 28.1 Å². The predicted octanol–water partition coefficient (Wildman–Crippen LogP) is 1.80. The average molecular weight is 371 g/mol. The smallest absolute Gasteiger partial charge is 0.251 e. The predicted molar refractivity (Wildman–Crippen MR) is 95.9 cm³/mol. The van der Waals surface area contributed by atoms with E-state index in [-0.39, 0.29) is 23.7 Å². The van der Waals surface area contributed by atoms with E-state index < -0.39 is 10.0 Å². The minimum absolute atomic E-state index is 0.116. The summed E-state index contributed by atoms with van der Waals surface area (Å²) >= 11 is 1.16. The van der Waals surface area contributed by atoms with Crippen LogP contribution in [0.1, 0.15) is 30.6 Å². The molecule has 3 N–H and O–H groups in total. The fraction of sp³-hybridized carbons (Fsp3) is 0.467. The molecule has 9 heteroatoms. The molecule has 1 aromatic heterocycles. The molecule has 7 nitrogen and oxygen atoms in total. The fourth-order valence-electron chi connectivity index (χ4n) is 2.28. The van der Waals surface area contributed by atoms with Crippen LogP contribution in [0.4, 0.5) is 5.13 Å². The van der Waals surface area contributed by atoms with Crippen LogP contribution in [0.5, 0.6) is 0 Å². The molecule has 0 spiro atoms. The zero-order chi connectivity index (χ0) is 17.9. The van der Waals surface area contributed by atoms with E-state index in [9.17, 15) is 18.3 Å². The Hall–Kier alpha value is -1.71. The molecule has 1 aromatic carbocycles. The number of benzene rings is 1. The number of aliphatic hydroxyl groups is 1. The molecule has 2 aromatic rings. The molecule has 0 fully saturated rings. The molecule has 0 radical (unpaired) electrons. The fourth-order valence-corrected chi connectivity index (χ4v) is 4.03. The third-order valence-corrected chi connectivity index (χ3v) is 4.86. The Morgan fingerprint density at radius 2 is 2.08 bits per heavy atom. The summed E-state index contributed by atoms with van der Waals surface area (Å²) in [5, 5.41) is 12.4. The summed E-state index contributed by atoms with van der Waals surface area (Å²) in [4.78, 5) is 16.5. The maximum atomic E-state index is 12.3. The van der Waals surface area contributed by atoms with Gasteiger partial charge < -0.3 is 10.4 Å². The van der Waals surface area contributed by atoms with Crippen molar-refractivity contribution in [1.82, 2.24) is 10.3 Å². The highest BCUT2D eigenvalue weighted by atomic mass is 32.2. The number of nitrogens with one attached hydrogen (secondary N) is 2. The summed E-state index contributed by atoms with van der Waals surface area (Å²) in [5.41, 5.74) is 1.06. The Labute approximate surface area is 145 Å². The third kappa shape index (κ3) is 5.15. The number of hydrogen-bond acceptors (Lipinski definition) is 6. The van der Waals surface area contributed by atoms with Crippen molar-refractivity contribution in [1.29, 1.82) is 0 Å². The lowest BCUT2D eigenvalue weighted by molar-refractivity contribution is 0.0908. The van der Waals surface area contributed by atoms with E-state index in [4.69, 9.17) is 0 Å². The Bertz CT molecular complexity index is 830. The van der Waals surface area contributed by atoms with E-state index in [1.807, 2.05) is 13.8 Å². The molecule has 0 saturated carbocycles. The standard InChI is InChI=1S/C15H21N3O4S2/c1-9(2)6-11(8-19)16-14(20)10-4-5-12-13(7-10)23-15(17-12)18-24(3,21)22/h4-5,7,9,11,19H,6,8H2,1-3H3,(H,16,20)(H,17,18)/t11-/m1/s1. The summed E-state index contributed by atoms with van der Waals surface area (Å²) in [7, 11) is -3.39. The second-order valence-electron chi connectivity index (χ2n) is 6.06. The second kappa shape index (κ2) is 7.45. The van der Waals surface area contributed by atoms with Crippen molar-refractivity contribution in [2.45, 2.75) is 26.3 Å². The number of anilines is 1. The average Bonchev–Trinajstić information content (AvgIpc) is 2.84. The Balaban J connectivity index is 2.18. The van der Waals surface area contributed by atoms with Crippen molar-refractivity contribution in [3.8, 4) is 0 Å². The van der Waals surface area contributed by atoms with Crippen LogP contribution in [0, 0.1) is 5.92 Å². The topological polar surface area (TPSA) is 108 Å². The molecule has 0 unspecified atom stereocenters. The number of rotatable bonds is 7. The van der Waals surface area contributed by atoms with Crippen molar-refractivity contribution >= 4 is 42.6 Å². The van der Waals surface area contributed by atoms with E-state index in [1.165, 1.54) is 0 Å². The van der Waals surface area contributed by atoms with Gasteiger partial charge in [-0.2, -0.15) is 0 Å². The minimum atomic E-state index is -3.39. The number of aliphatic hydroxyl groups excluding tert-OH is 1. The van der Waals surface area contributed by atoms with Gasteiger partial charge in [0, 0.05) is 5.56 Å². The van der Waals surface area contributed by atoms with Gasteiger partial charge in [0.05, 0.1) is 29.1 Å². The van der Waals surface area contributed by atoms with Gasteiger partial charge in [-0.3, -0.25) is 9.52 Å². The number of fused-ring (bicyclic) bond motifs is 1. The Kier molecular flexibility index (Phi) is 5.79. The first kappa shape index (κ1) is 18.6. The highest BCUT2D eigenvalue weighted by Gasteiger charge is 2.16. The molecule has 0 aliphatic carbocycles. The largest absolute Gasteiger partial charge is 0.394 e. The van der Waals surface area contributed by atoms with Crippen LogP contribution in [0.15, 0.2) is 18.2 Å². The van der Waals surface area contributed by atoms with Crippen LogP contribution in [-0.2, 0) is 10.0 Å². The molecular weight excluding hydrogens is 350 g/mol. The number of amides is 1. The molecule has 2 rings (SSSR count). The highest BCUT2D eigenvalue weighted by Crippen LogP contribution is 2.27. The first-order valence-corrected chi connectivity index (χ1v) is 10.2. The number of hydrogen-bond donors (Lipinski definition) is 3. The number of nitrogens with zero attached hydrogens (tertiary/aromatic N) is 1. The van der Waals surface area contributed by atoms with Crippen LogP contribution in [0.3, 0.4) is 0 Å². The van der Waals surface area contributed by atoms with Crippen LogP contribution in [-0.4, -0.2) is 43.3 Å². The van der Waals surface area contributed by atoms with Crippen LogP contribution in [0.2, 0.25) is 0 Å². The van der Waals surface area contributed by atoms with Crippen LogP contribution < -0.4 is 10.0 Å². The summed E-state index contributed by atoms with van der Waals surface area (Å²) in [6, 6.07) is 4.67. The highest BCUT2D eigenvalue weighted by molar-refractivity contribution is 7.92. The van der Waals surface area contributed by atoms with Gasteiger partial charge in [-0.25, -0.2) is 13.4 Å². The van der Waals surface area contributed by atoms with Crippen molar-refractivity contribution in [3.05, 3.63) is 23.8 Å². The van der Waals surface area contributed by atoms with Gasteiger partial charge in [-0.05, 0) is 30.5 Å². The van der Waals surface area contributed by atoms with E-state index in [0.717, 1.165) is 17.6 Å². The second-order valence-corrected chi connectivity index (χ2v) is 8.84. The maximum Gasteiger partial charge on any atom is 0.251 e. The lowest BCUT2D eigenvalue weighted by atomic mass is 10.0. The molecule has 0 bridgehead atoms. The molecule has 24 heavy (non-hydrogen) atoms. The van der Waals surface area contributed by atoms with Gasteiger partial charge >= 0.3 is 0 Å². The molecule has 132 valence electrons. The monoisotopic (exact) mass is 371 g/mol. The lowest BCUT2D eigenvalue weighted by Crippen LogP contribution is -2.38. The molecule has 0 aliphatic rings. The van der Waals surface area contributed by atoms with Crippen LogP contribution in [0.25, 0.3) is 10.2 Å². The molecule has 1 heterocycles. The number of sulfonamides is 1. The number of carbonyl (C=O) groups is 1. The zero-order valence-corrected chi connectivity index (χ0v) is 15.4. The summed E-state index contributed by atoms with van der Waals surface area (Å²) in [5.74, 6) is 0.0821. The molecule has 0 saturated heterocycles. The Morgan fingerprint density at radius 3 is 2.67 bits per heavy atom. The van der Waals surface area contributed by atoms with Gasteiger partial charge in [-0.1, -0.05) is 25.2 Å². The number of carbonyl (C=O) groups excluding carboxylic acids is 1. The Morgan fingerprint density at radius 1 is 1.38 bits per heavy atom. The first-order valence-electron chi connectivity index (χ1n) is 7.48. The van der Waals surface area contributed by atoms with Gasteiger partial charge in [0.1, 0.15) is 0 Å². The maximum absolute atomic E-state index is 12.3. The van der Waals surface area contributed by atoms with Gasteiger partial charge in [0.15, 0.2) is 5.13 Å². The molecule has 1 atom stereocenters. The van der Waals surface area contributed by atoms with Crippen molar-refractivity contribution in [2.24, 2.45) is 5.92 Å². The summed E-state index contributed by atoms with van der Waals surface area (Å²) in [6.07, 6.45) is 1.75. The van der Waals surface area contributed by atoms with Crippen molar-refractivity contribution < 1.29 is 18.3 Å². The summed E-state index contributed by atoms with van der Waals surface area (Å²) in [6.45, 7) is 3.93. The molecular formula is C15H21N3O4S2. The van der Waals surface area contributed by atoms with Crippen LogP contribution >= 0.6 is 11.3 Å². The van der Waals surface area contributed by atoms with Gasteiger partial charge in [0.25, 0.3) is 5.91 Å². The normalized spacial score (nSPS) is 13.2. The van der Waals surface area contributed by atoms with E-state index in [2.05, 4.69) is 15.0 Å².